The fourth-order valence-corrected chi connectivity index (χ4v) is 4.25. The minimum atomic E-state index is -1.49. The van der Waals surface area contributed by atoms with Gasteiger partial charge in [0.1, 0.15) is 24.2 Å². The Balaban J connectivity index is 1.90. The van der Waals surface area contributed by atoms with Crippen molar-refractivity contribution in [1.82, 2.24) is 0 Å². The molecule has 1 saturated heterocycles. The lowest BCUT2D eigenvalue weighted by Gasteiger charge is -2.43. The van der Waals surface area contributed by atoms with Crippen molar-refractivity contribution in [1.29, 1.82) is 0 Å². The highest BCUT2D eigenvalue weighted by molar-refractivity contribution is 6.30. The first-order valence-corrected chi connectivity index (χ1v) is 12.8. The normalized spacial score (nSPS) is 21.7. The maximum absolute atomic E-state index is 12.8. The Labute approximate surface area is 240 Å². The van der Waals surface area contributed by atoms with Crippen LogP contribution in [-0.2, 0) is 49.3 Å². The van der Waals surface area contributed by atoms with Gasteiger partial charge in [0.05, 0.1) is 5.56 Å². The van der Waals surface area contributed by atoms with E-state index in [4.69, 9.17) is 40.0 Å². The van der Waals surface area contributed by atoms with E-state index in [1.165, 1.54) is 12.1 Å². The number of halogens is 1. The Bertz CT molecular complexity index is 1290. The molecule has 1 heterocycles. The molecule has 1 aliphatic heterocycles. The Hall–Kier alpha value is -4.16. The number of ether oxygens (including phenoxy) is 6. The summed E-state index contributed by atoms with van der Waals surface area (Å²) in [6.07, 6.45) is -6.93. The van der Waals surface area contributed by atoms with Gasteiger partial charge in [-0.25, -0.2) is 0 Å². The number of aromatic hydroxyl groups is 1. The molecule has 2 aromatic rings. The van der Waals surface area contributed by atoms with Gasteiger partial charge in [-0.05, 0) is 29.8 Å². The van der Waals surface area contributed by atoms with Crippen molar-refractivity contribution in [2.75, 3.05) is 6.61 Å². The van der Waals surface area contributed by atoms with Crippen molar-refractivity contribution in [2.45, 2.75) is 64.8 Å². The van der Waals surface area contributed by atoms with Crippen LogP contribution in [0.1, 0.15) is 43.6 Å². The molecule has 0 spiro atoms. The van der Waals surface area contributed by atoms with Crippen LogP contribution in [0.2, 0.25) is 5.02 Å². The molecule has 0 aliphatic carbocycles. The molecule has 12 nitrogen and oxygen atoms in total. The Kier molecular flexibility index (Phi) is 10.7. The zero-order valence-electron chi connectivity index (χ0n) is 22.7. The van der Waals surface area contributed by atoms with Crippen LogP contribution >= 0.6 is 11.6 Å². The van der Waals surface area contributed by atoms with E-state index >= 15 is 0 Å². The number of benzene rings is 2. The average Bonchev–Trinajstić information content (AvgIpc) is 2.87. The smallest absolute Gasteiger partial charge is 0.303 e. The second-order valence-electron chi connectivity index (χ2n) is 9.09. The molecule has 3 unspecified atom stereocenters. The summed E-state index contributed by atoms with van der Waals surface area (Å²) in [7, 11) is 0. The highest BCUT2D eigenvalue weighted by Crippen LogP contribution is 2.33. The van der Waals surface area contributed by atoms with E-state index < -0.39 is 66.9 Å². The van der Waals surface area contributed by atoms with Gasteiger partial charge in [0.15, 0.2) is 18.0 Å². The van der Waals surface area contributed by atoms with Gasteiger partial charge in [-0.15, -0.1) is 0 Å². The van der Waals surface area contributed by atoms with Crippen molar-refractivity contribution >= 4 is 41.3 Å². The second-order valence-corrected chi connectivity index (χ2v) is 9.53. The van der Waals surface area contributed by atoms with Gasteiger partial charge in [-0.3, -0.25) is 24.0 Å². The molecule has 13 heteroatoms. The summed E-state index contributed by atoms with van der Waals surface area (Å²) in [5, 5.41) is 11.1. The summed E-state index contributed by atoms with van der Waals surface area (Å²) >= 11 is 5.89. The van der Waals surface area contributed by atoms with Crippen LogP contribution in [0.5, 0.6) is 11.5 Å². The predicted molar refractivity (Wildman–Crippen MR) is 140 cm³/mol. The number of hydrogen-bond acceptors (Lipinski definition) is 12. The van der Waals surface area contributed by atoms with E-state index in [0.717, 1.165) is 33.8 Å². The van der Waals surface area contributed by atoms with Crippen LogP contribution in [0.4, 0.5) is 0 Å². The fraction of sp³-hybridized carbons (Fsp3) is 0.393. The van der Waals surface area contributed by atoms with Crippen molar-refractivity contribution < 1.29 is 57.5 Å². The first kappa shape index (κ1) is 31.4. The molecule has 0 radical (unpaired) electrons. The summed E-state index contributed by atoms with van der Waals surface area (Å²) < 4.78 is 32.8. The minimum Gasteiger partial charge on any atom is -0.507 e. The molecule has 0 bridgehead atoms. The van der Waals surface area contributed by atoms with E-state index in [2.05, 4.69) is 0 Å². The van der Waals surface area contributed by atoms with Crippen molar-refractivity contribution in [2.24, 2.45) is 0 Å². The number of phenolic OH excluding ortho intramolecular Hbond substituents is 1. The van der Waals surface area contributed by atoms with Gasteiger partial charge < -0.3 is 33.5 Å². The van der Waals surface area contributed by atoms with Crippen molar-refractivity contribution in [3.05, 3.63) is 58.6 Å². The number of phenols is 1. The van der Waals surface area contributed by atoms with Gasteiger partial charge >= 0.3 is 23.9 Å². The SMILES string of the molecule is CC(=O)OCC1O[C@@H](Oc2ccc(C(=O)Cc3ccc(Cl)cc3)c(O)c2)C(OC(C)=O)C(OC(C)=O)[C@H]1OC(C)=O. The first-order valence-electron chi connectivity index (χ1n) is 12.4. The third-order valence-electron chi connectivity index (χ3n) is 5.75. The standard InChI is InChI=1S/C28H29ClO12/c1-14(30)36-13-24-25(37-15(2)31)26(38-16(3)32)27(39-17(4)33)28(41-24)40-20-9-10-21(23(35)12-20)22(34)11-18-5-7-19(29)8-6-18/h5-10,12,24-28,35H,11,13H2,1-4H3/t24?,25-,26?,27?,28+/m0/s1. The number of Topliss-reactive ketones (excluding diaryl/α,β-unsaturated/α-hetero) is 1. The van der Waals surface area contributed by atoms with E-state index in [1.54, 1.807) is 24.3 Å². The van der Waals surface area contributed by atoms with Gasteiger partial charge in [0, 0.05) is 45.2 Å². The monoisotopic (exact) mass is 592 g/mol. The van der Waals surface area contributed by atoms with E-state index in [0.29, 0.717) is 10.6 Å². The van der Waals surface area contributed by atoms with Crippen molar-refractivity contribution in [3.63, 3.8) is 0 Å². The van der Waals surface area contributed by atoms with Crippen LogP contribution in [0.3, 0.4) is 0 Å². The molecule has 220 valence electrons. The lowest BCUT2D eigenvalue weighted by Crippen LogP contribution is -2.63. The summed E-state index contributed by atoms with van der Waals surface area (Å²) in [5.74, 6) is -3.80. The number of carbonyl (C=O) groups excluding carboxylic acids is 5. The Morgan fingerprint density at radius 3 is 1.95 bits per heavy atom. The molecule has 0 amide bonds. The highest BCUT2D eigenvalue weighted by Gasteiger charge is 2.53. The lowest BCUT2D eigenvalue weighted by molar-refractivity contribution is -0.288. The molecule has 1 aliphatic rings. The maximum atomic E-state index is 12.8. The third-order valence-corrected chi connectivity index (χ3v) is 6.00. The maximum Gasteiger partial charge on any atom is 0.303 e. The number of ketones is 1. The van der Waals surface area contributed by atoms with E-state index in [1.807, 2.05) is 0 Å². The van der Waals surface area contributed by atoms with Crippen LogP contribution in [0, 0.1) is 0 Å². The molecule has 0 aromatic heterocycles. The number of carbonyl (C=O) groups is 5. The molecule has 2 aromatic carbocycles. The Morgan fingerprint density at radius 2 is 1.39 bits per heavy atom. The third kappa shape index (κ3) is 8.92. The van der Waals surface area contributed by atoms with Crippen LogP contribution in [-0.4, -0.2) is 72.1 Å². The summed E-state index contributed by atoms with van der Waals surface area (Å²) in [6.45, 7) is 4.03. The van der Waals surface area contributed by atoms with E-state index in [-0.39, 0.29) is 23.5 Å². The number of rotatable bonds is 10. The zero-order valence-corrected chi connectivity index (χ0v) is 23.4. The second kappa shape index (κ2) is 14.0. The molecule has 5 atom stereocenters. The van der Waals surface area contributed by atoms with Gasteiger partial charge in [-0.1, -0.05) is 23.7 Å². The molecular weight excluding hydrogens is 564 g/mol. The summed E-state index contributed by atoms with van der Waals surface area (Å²) in [6, 6.07) is 10.6. The minimum absolute atomic E-state index is 0.00459. The topological polar surface area (TPSA) is 161 Å². The fourth-order valence-electron chi connectivity index (χ4n) is 4.12. The quantitative estimate of drug-likeness (QED) is 0.244. The van der Waals surface area contributed by atoms with Gasteiger partial charge in [-0.2, -0.15) is 0 Å². The van der Waals surface area contributed by atoms with Gasteiger partial charge in [0.2, 0.25) is 12.4 Å². The molecule has 1 N–H and O–H groups in total. The summed E-state index contributed by atoms with van der Waals surface area (Å²) in [5.41, 5.74) is 0.713. The van der Waals surface area contributed by atoms with Crippen LogP contribution in [0.25, 0.3) is 0 Å². The van der Waals surface area contributed by atoms with Crippen molar-refractivity contribution in [3.8, 4) is 11.5 Å². The lowest BCUT2D eigenvalue weighted by atomic mass is 9.98. The van der Waals surface area contributed by atoms with Gasteiger partial charge in [0.25, 0.3) is 0 Å². The number of esters is 4. The number of hydrogen-bond donors (Lipinski definition) is 1. The zero-order chi connectivity index (χ0) is 30.3. The van der Waals surface area contributed by atoms with Crippen LogP contribution in [0.15, 0.2) is 42.5 Å². The largest absolute Gasteiger partial charge is 0.507 e. The average molecular weight is 593 g/mol. The molecule has 1 fully saturated rings. The highest BCUT2D eigenvalue weighted by atomic mass is 35.5. The molecule has 3 rings (SSSR count). The summed E-state index contributed by atoms with van der Waals surface area (Å²) in [4.78, 5) is 60.1. The Morgan fingerprint density at radius 1 is 0.805 bits per heavy atom. The molecule has 41 heavy (non-hydrogen) atoms. The predicted octanol–water partition coefficient (Wildman–Crippen LogP) is 2.93. The molecular formula is C28H29ClO12. The molecule has 0 saturated carbocycles. The van der Waals surface area contributed by atoms with Crippen LogP contribution < -0.4 is 4.74 Å². The first-order chi connectivity index (χ1) is 19.3. The van der Waals surface area contributed by atoms with E-state index in [9.17, 15) is 29.1 Å².